The highest BCUT2D eigenvalue weighted by molar-refractivity contribution is 7.09. The van der Waals surface area contributed by atoms with Gasteiger partial charge in [0.05, 0.1) is 34.7 Å². The first kappa shape index (κ1) is 26.6. The van der Waals surface area contributed by atoms with Crippen LogP contribution in [-0.2, 0) is 16.1 Å². The average Bonchev–Trinajstić information content (AvgIpc) is 3.52. The fourth-order valence-electron chi connectivity index (χ4n) is 5.32. The van der Waals surface area contributed by atoms with Gasteiger partial charge in [-0.15, -0.1) is 11.3 Å². The third kappa shape index (κ3) is 5.29. The van der Waals surface area contributed by atoms with Crippen molar-refractivity contribution >= 4 is 23.2 Å². The second-order valence-electron chi connectivity index (χ2n) is 10.2. The minimum absolute atomic E-state index is 0.192. The van der Waals surface area contributed by atoms with E-state index in [1.54, 1.807) is 11.3 Å². The van der Waals surface area contributed by atoms with E-state index >= 15 is 0 Å². The van der Waals surface area contributed by atoms with Crippen LogP contribution in [0, 0.1) is 12.3 Å². The van der Waals surface area contributed by atoms with E-state index in [2.05, 4.69) is 39.9 Å². The van der Waals surface area contributed by atoms with Gasteiger partial charge in [-0.1, -0.05) is 6.42 Å². The Morgan fingerprint density at radius 1 is 1.33 bits per heavy atom. The number of aromatic nitrogens is 3. The van der Waals surface area contributed by atoms with Crippen molar-refractivity contribution in [3.8, 4) is 0 Å². The number of imidazole rings is 1. The maximum atomic E-state index is 13.8. The van der Waals surface area contributed by atoms with Crippen molar-refractivity contribution in [2.45, 2.75) is 77.2 Å². The molecular weight excluding hydrogens is 495 g/mol. The summed E-state index contributed by atoms with van der Waals surface area (Å²) in [5.41, 5.74) is 1.80. The number of hydrogen-bond donors (Lipinski definition) is 1. The van der Waals surface area contributed by atoms with E-state index in [0.717, 1.165) is 42.5 Å². The number of nitrogens with zero attached hydrogens (tertiary/aromatic N) is 5. The lowest BCUT2D eigenvalue weighted by molar-refractivity contribution is -0.192. The van der Waals surface area contributed by atoms with Crippen LogP contribution in [0.15, 0.2) is 17.9 Å². The molecule has 36 heavy (non-hydrogen) atoms. The lowest BCUT2D eigenvalue weighted by Crippen LogP contribution is -2.42. The predicted octanol–water partition coefficient (Wildman–Crippen LogP) is 4.23. The Kier molecular flexibility index (Phi) is 7.47. The Hall–Kier alpha value is -2.47. The van der Waals surface area contributed by atoms with Crippen LogP contribution in [0.4, 0.5) is 13.2 Å². The van der Waals surface area contributed by atoms with Crippen LogP contribution in [0.2, 0.25) is 0 Å². The van der Waals surface area contributed by atoms with Crippen molar-refractivity contribution in [2.24, 2.45) is 5.41 Å². The molecule has 1 saturated carbocycles. The monoisotopic (exact) mass is 527 g/mol. The summed E-state index contributed by atoms with van der Waals surface area (Å²) in [5, 5.41) is 10.3. The molecule has 2 atom stereocenters. The first-order valence-electron chi connectivity index (χ1n) is 12.2. The van der Waals surface area contributed by atoms with Gasteiger partial charge < -0.3 is 14.6 Å². The first-order chi connectivity index (χ1) is 16.9. The number of carboxylic acids is 1. The number of likely N-dealkylation sites (tertiary alicyclic amines) is 2. The maximum Gasteiger partial charge on any atom is 0.490 e. The molecule has 2 saturated heterocycles. The van der Waals surface area contributed by atoms with E-state index in [-0.39, 0.29) is 11.3 Å². The second kappa shape index (κ2) is 10.1. The van der Waals surface area contributed by atoms with Gasteiger partial charge in [0.1, 0.15) is 0 Å². The molecule has 1 spiro atoms. The van der Waals surface area contributed by atoms with Crippen molar-refractivity contribution < 1.29 is 27.9 Å². The number of carbonyl (C=O) groups is 2. The largest absolute Gasteiger partial charge is 0.490 e. The van der Waals surface area contributed by atoms with Gasteiger partial charge in [-0.05, 0) is 40.0 Å². The zero-order valence-electron chi connectivity index (χ0n) is 20.7. The highest BCUT2D eigenvalue weighted by Gasteiger charge is 2.58. The van der Waals surface area contributed by atoms with Gasteiger partial charge >= 0.3 is 12.1 Å². The van der Waals surface area contributed by atoms with Gasteiger partial charge in [0.2, 0.25) is 5.91 Å². The standard InChI is InChI=1S/C22H31N5OS.C2HF3O2/c1-15(2)27-11-20(23-14-27)19-10-26(18-5-4-6-18)13-22(19)7-8-25(21(22)28)9-17-12-29-16(3)24-17;3-2(4,5)1(6)7/h11-12,14-15,18-19H,4-10,13H2,1-3H3;(H,6,7). The van der Waals surface area contributed by atoms with E-state index in [1.165, 1.54) is 19.3 Å². The number of amides is 1. The summed E-state index contributed by atoms with van der Waals surface area (Å²) < 4.78 is 33.9. The zero-order chi connectivity index (χ0) is 26.3. The molecule has 2 aliphatic heterocycles. The third-order valence-electron chi connectivity index (χ3n) is 7.54. The molecule has 0 radical (unpaired) electrons. The summed E-state index contributed by atoms with van der Waals surface area (Å²) in [6, 6.07) is 1.05. The molecule has 0 bridgehead atoms. The van der Waals surface area contributed by atoms with Crippen LogP contribution < -0.4 is 0 Å². The Bertz CT molecular complexity index is 1100. The summed E-state index contributed by atoms with van der Waals surface area (Å²) in [7, 11) is 0. The molecule has 1 N–H and O–H groups in total. The van der Waals surface area contributed by atoms with E-state index < -0.39 is 12.1 Å². The molecule has 5 rings (SSSR count). The van der Waals surface area contributed by atoms with Crippen molar-refractivity contribution in [3.63, 3.8) is 0 Å². The summed E-state index contributed by atoms with van der Waals surface area (Å²) in [6.45, 7) is 9.70. The topological polar surface area (TPSA) is 91.6 Å². The normalized spacial score (nSPS) is 24.9. The smallest absolute Gasteiger partial charge is 0.475 e. The van der Waals surface area contributed by atoms with Gasteiger partial charge in [0, 0.05) is 49.2 Å². The Morgan fingerprint density at radius 3 is 2.53 bits per heavy atom. The number of alkyl halides is 3. The van der Waals surface area contributed by atoms with Gasteiger partial charge in [0.15, 0.2) is 0 Å². The highest BCUT2D eigenvalue weighted by atomic mass is 32.1. The Morgan fingerprint density at radius 2 is 2.03 bits per heavy atom. The molecule has 1 amide bonds. The van der Waals surface area contributed by atoms with E-state index in [0.29, 0.717) is 24.5 Å². The van der Waals surface area contributed by atoms with Gasteiger partial charge in [-0.2, -0.15) is 13.2 Å². The molecule has 2 unspecified atom stereocenters. The van der Waals surface area contributed by atoms with Crippen LogP contribution >= 0.6 is 11.3 Å². The molecule has 0 aromatic carbocycles. The first-order valence-corrected chi connectivity index (χ1v) is 13.1. The van der Waals surface area contributed by atoms with Gasteiger partial charge in [-0.25, -0.2) is 14.8 Å². The minimum Gasteiger partial charge on any atom is -0.475 e. The summed E-state index contributed by atoms with van der Waals surface area (Å²) in [6.07, 6.45) is 3.84. The zero-order valence-corrected chi connectivity index (χ0v) is 21.5. The number of halogens is 3. The molecule has 12 heteroatoms. The SMILES string of the molecule is Cc1nc(CN2CCC3(CN(C4CCC4)CC3c3cn(C(C)C)cn3)C2=O)cs1.O=C(O)C(F)(F)F. The van der Waals surface area contributed by atoms with Crippen LogP contribution in [0.3, 0.4) is 0 Å². The lowest BCUT2D eigenvalue weighted by Gasteiger charge is -2.35. The summed E-state index contributed by atoms with van der Waals surface area (Å²) in [5.74, 6) is -2.25. The fourth-order valence-corrected chi connectivity index (χ4v) is 5.93. The van der Waals surface area contributed by atoms with E-state index in [9.17, 15) is 18.0 Å². The molecule has 3 aliphatic rings. The molecule has 2 aromatic rings. The van der Waals surface area contributed by atoms with Crippen molar-refractivity contribution in [1.82, 2.24) is 24.3 Å². The molecule has 8 nitrogen and oxygen atoms in total. The molecule has 4 heterocycles. The molecule has 1 aliphatic carbocycles. The number of thiazole rings is 1. The van der Waals surface area contributed by atoms with Crippen LogP contribution in [0.5, 0.6) is 0 Å². The van der Waals surface area contributed by atoms with Crippen LogP contribution in [0.1, 0.15) is 67.9 Å². The van der Waals surface area contributed by atoms with Crippen molar-refractivity contribution in [1.29, 1.82) is 0 Å². The number of rotatable bonds is 5. The maximum absolute atomic E-state index is 13.8. The number of hydrogen-bond acceptors (Lipinski definition) is 6. The molecule has 3 fully saturated rings. The van der Waals surface area contributed by atoms with Crippen molar-refractivity contribution in [2.75, 3.05) is 19.6 Å². The van der Waals surface area contributed by atoms with Gasteiger partial charge in [0.25, 0.3) is 0 Å². The molecule has 2 aromatic heterocycles. The number of aryl methyl sites for hydroxylation is 1. The van der Waals surface area contributed by atoms with Crippen LogP contribution in [-0.4, -0.2) is 73.2 Å². The lowest BCUT2D eigenvalue weighted by atomic mass is 9.75. The number of aliphatic carboxylic acids is 1. The summed E-state index contributed by atoms with van der Waals surface area (Å²) in [4.78, 5) is 36.7. The quantitative estimate of drug-likeness (QED) is 0.626. The Balaban J connectivity index is 0.000000384. The average molecular weight is 528 g/mol. The van der Waals surface area contributed by atoms with Crippen molar-refractivity contribution in [3.05, 3.63) is 34.3 Å². The van der Waals surface area contributed by atoms with E-state index in [4.69, 9.17) is 14.9 Å². The number of carbonyl (C=O) groups excluding carboxylic acids is 1. The van der Waals surface area contributed by atoms with Gasteiger partial charge in [-0.3, -0.25) is 9.69 Å². The predicted molar refractivity (Wildman–Crippen MR) is 128 cm³/mol. The number of carboxylic acid groups (broad SMARTS) is 1. The molecule has 198 valence electrons. The molecular formula is C24H32F3N5O3S. The minimum atomic E-state index is -5.08. The van der Waals surface area contributed by atoms with Crippen LogP contribution in [0.25, 0.3) is 0 Å². The second-order valence-corrected chi connectivity index (χ2v) is 11.3. The Labute approximate surface area is 212 Å². The highest BCUT2D eigenvalue weighted by Crippen LogP contribution is 2.51. The summed E-state index contributed by atoms with van der Waals surface area (Å²) >= 11 is 1.66. The fraction of sp³-hybridized carbons (Fsp3) is 0.667. The third-order valence-corrected chi connectivity index (χ3v) is 8.36. The van der Waals surface area contributed by atoms with E-state index in [1.807, 2.05) is 18.2 Å².